The molecular formula is C22H19F3N6O2S. The minimum Gasteiger partial charge on any atom is -0.354 e. The first kappa shape index (κ1) is 23.5. The second-order valence-corrected chi connectivity index (χ2v) is 7.78. The molecule has 4 aromatic rings. The number of nitrogens with zero attached hydrogens (tertiary/aromatic N) is 6. The molecule has 1 aromatic carbocycles. The molecule has 34 heavy (non-hydrogen) atoms. The summed E-state index contributed by atoms with van der Waals surface area (Å²) in [4.78, 5) is 23.1. The molecule has 1 amide bonds. The average Bonchev–Trinajstić information content (AvgIpc) is 3.43. The number of amides is 1. The Morgan fingerprint density at radius 1 is 1.12 bits per heavy atom. The smallest absolute Gasteiger partial charge is 0.354 e. The highest BCUT2D eigenvalue weighted by Crippen LogP contribution is 2.37. The number of anilines is 1. The summed E-state index contributed by atoms with van der Waals surface area (Å²) in [6.07, 6.45) is 1.66. The first-order valence-corrected chi connectivity index (χ1v) is 10.0. The lowest BCUT2D eigenvalue weighted by Crippen LogP contribution is -2.42. The van der Waals surface area contributed by atoms with Gasteiger partial charge in [0.1, 0.15) is 17.1 Å². The number of aromatic nitrogens is 5. The van der Waals surface area contributed by atoms with E-state index in [1.54, 1.807) is 10.7 Å². The van der Waals surface area contributed by atoms with Gasteiger partial charge >= 0.3 is 6.18 Å². The van der Waals surface area contributed by atoms with Crippen LogP contribution in [0.4, 0.5) is 18.9 Å². The summed E-state index contributed by atoms with van der Waals surface area (Å²) >= 11 is 0. The van der Waals surface area contributed by atoms with Gasteiger partial charge in [0, 0.05) is 30.7 Å². The van der Waals surface area contributed by atoms with Crippen LogP contribution < -0.4 is 4.90 Å². The summed E-state index contributed by atoms with van der Waals surface area (Å²) in [7, 11) is 0. The number of carbonyl (C=O) groups is 1. The van der Waals surface area contributed by atoms with Gasteiger partial charge in [0.15, 0.2) is 5.76 Å². The molecule has 0 bridgehead atoms. The highest BCUT2D eigenvalue weighted by Gasteiger charge is 2.36. The van der Waals surface area contributed by atoms with Crippen LogP contribution in [0, 0.1) is 6.92 Å². The lowest BCUT2D eigenvalue weighted by Gasteiger charge is -2.32. The third kappa shape index (κ3) is 3.94. The van der Waals surface area contributed by atoms with Crippen molar-refractivity contribution in [2.75, 3.05) is 11.4 Å². The molecule has 1 aliphatic rings. The lowest BCUT2D eigenvalue weighted by atomic mass is 10.0. The van der Waals surface area contributed by atoms with E-state index in [4.69, 9.17) is 4.52 Å². The van der Waals surface area contributed by atoms with Crippen molar-refractivity contribution in [1.82, 2.24) is 24.9 Å². The van der Waals surface area contributed by atoms with E-state index < -0.39 is 11.7 Å². The average molecular weight is 488 g/mol. The van der Waals surface area contributed by atoms with Gasteiger partial charge in [-0.2, -0.15) is 31.8 Å². The summed E-state index contributed by atoms with van der Waals surface area (Å²) in [5.74, 6) is -0.00612. The van der Waals surface area contributed by atoms with Crippen molar-refractivity contribution >= 4 is 25.1 Å². The molecule has 0 spiro atoms. The van der Waals surface area contributed by atoms with Gasteiger partial charge in [0.05, 0.1) is 29.6 Å². The molecule has 1 aliphatic heterocycles. The topological polar surface area (TPSA) is 89.9 Å². The second-order valence-electron chi connectivity index (χ2n) is 7.78. The number of aryl methyl sites for hydroxylation is 1. The zero-order chi connectivity index (χ0) is 23.3. The third-order valence-corrected chi connectivity index (χ3v) is 5.54. The van der Waals surface area contributed by atoms with Crippen LogP contribution in [0.2, 0.25) is 0 Å². The normalized spacial score (nSPS) is 15.7. The fraction of sp³-hybridized carbons (Fsp3) is 0.227. The van der Waals surface area contributed by atoms with Gasteiger partial charge in [-0.3, -0.25) is 14.5 Å². The van der Waals surface area contributed by atoms with Crippen LogP contribution in [-0.2, 0) is 6.18 Å². The molecule has 0 radical (unpaired) electrons. The van der Waals surface area contributed by atoms with Crippen LogP contribution in [0.3, 0.4) is 0 Å². The highest BCUT2D eigenvalue weighted by molar-refractivity contribution is 7.59. The Morgan fingerprint density at radius 2 is 1.91 bits per heavy atom. The van der Waals surface area contributed by atoms with Crippen molar-refractivity contribution in [3.63, 3.8) is 0 Å². The van der Waals surface area contributed by atoms with E-state index in [0.717, 1.165) is 6.07 Å². The van der Waals surface area contributed by atoms with Gasteiger partial charge in [0.25, 0.3) is 5.91 Å². The maximum atomic E-state index is 13.5. The van der Waals surface area contributed by atoms with E-state index in [9.17, 15) is 18.0 Å². The van der Waals surface area contributed by atoms with Crippen LogP contribution in [0.25, 0.3) is 22.7 Å². The summed E-state index contributed by atoms with van der Waals surface area (Å²) in [5.41, 5.74) is 1.32. The number of hydrogen-bond acceptors (Lipinski definition) is 6. The van der Waals surface area contributed by atoms with E-state index in [0.29, 0.717) is 28.4 Å². The minimum atomic E-state index is -4.46. The molecule has 0 unspecified atom stereocenters. The number of benzene rings is 1. The maximum absolute atomic E-state index is 13.5. The van der Waals surface area contributed by atoms with Crippen LogP contribution >= 0.6 is 13.5 Å². The standard InChI is InChI=1S/C22H17F3N6O2.H2S/c1-12-7-14(3-4-16(12)22(23,24)25)30-11-13(2)31-20(21(30)32)15(9-28-31)17-8-19(33-29-17)18-10-26-5-6-27-18;/h3-10,13H,11H2,1-2H3;1H2/t13-;/m0./s1. The summed E-state index contributed by atoms with van der Waals surface area (Å²) in [6.45, 7) is 3.52. The molecule has 0 fully saturated rings. The molecule has 8 nitrogen and oxygen atoms in total. The first-order valence-electron chi connectivity index (χ1n) is 10.0. The van der Waals surface area contributed by atoms with E-state index in [2.05, 4.69) is 20.2 Å². The molecule has 176 valence electrons. The SMILES string of the molecule is Cc1cc(N2C[C@H](C)n3ncc(-c4cc(-c5cnccn5)on4)c3C2=O)ccc1C(F)(F)F.S. The number of hydrogen-bond donors (Lipinski definition) is 0. The molecule has 3 aromatic heterocycles. The van der Waals surface area contributed by atoms with E-state index in [1.165, 1.54) is 48.7 Å². The Kier molecular flexibility index (Phi) is 5.94. The molecule has 0 saturated heterocycles. The van der Waals surface area contributed by atoms with Crippen molar-refractivity contribution in [2.45, 2.75) is 26.1 Å². The number of rotatable bonds is 3. The monoisotopic (exact) mass is 488 g/mol. The Bertz CT molecular complexity index is 1350. The summed E-state index contributed by atoms with van der Waals surface area (Å²) < 4.78 is 46.5. The molecule has 0 N–H and O–H groups in total. The zero-order valence-corrected chi connectivity index (χ0v) is 19.0. The molecular weight excluding hydrogens is 469 g/mol. The van der Waals surface area contributed by atoms with Crippen LogP contribution in [0.5, 0.6) is 0 Å². The molecule has 4 heterocycles. The molecule has 0 saturated carbocycles. The molecule has 1 atom stereocenters. The van der Waals surface area contributed by atoms with E-state index in [1.807, 2.05) is 6.92 Å². The Labute approximate surface area is 198 Å². The summed E-state index contributed by atoms with van der Waals surface area (Å²) in [5, 5.41) is 8.41. The second kappa shape index (κ2) is 8.60. The summed E-state index contributed by atoms with van der Waals surface area (Å²) in [6, 6.07) is 5.12. The number of fused-ring (bicyclic) bond motifs is 1. The Morgan fingerprint density at radius 3 is 2.59 bits per heavy atom. The van der Waals surface area contributed by atoms with Crippen LogP contribution in [0.15, 0.2) is 53.6 Å². The van der Waals surface area contributed by atoms with E-state index >= 15 is 0 Å². The lowest BCUT2D eigenvalue weighted by molar-refractivity contribution is -0.138. The van der Waals surface area contributed by atoms with Crippen LogP contribution in [0.1, 0.15) is 34.6 Å². The number of halogens is 3. The van der Waals surface area contributed by atoms with Gasteiger partial charge in [-0.25, -0.2) is 4.98 Å². The highest BCUT2D eigenvalue weighted by atomic mass is 32.1. The largest absolute Gasteiger partial charge is 0.416 e. The van der Waals surface area contributed by atoms with Crippen molar-refractivity contribution in [1.29, 1.82) is 0 Å². The van der Waals surface area contributed by atoms with Gasteiger partial charge < -0.3 is 9.42 Å². The van der Waals surface area contributed by atoms with Crippen LogP contribution in [-0.4, -0.2) is 37.4 Å². The van der Waals surface area contributed by atoms with Crippen molar-refractivity contribution in [3.8, 4) is 22.7 Å². The predicted octanol–water partition coefficient (Wildman–Crippen LogP) is 4.66. The fourth-order valence-corrected chi connectivity index (χ4v) is 3.96. The van der Waals surface area contributed by atoms with Crippen molar-refractivity contribution < 1.29 is 22.5 Å². The Balaban J connectivity index is 0.00000274. The van der Waals surface area contributed by atoms with Gasteiger partial charge in [0.2, 0.25) is 0 Å². The quantitative estimate of drug-likeness (QED) is 0.417. The van der Waals surface area contributed by atoms with Gasteiger partial charge in [-0.15, -0.1) is 0 Å². The molecule has 5 rings (SSSR count). The number of alkyl halides is 3. The predicted molar refractivity (Wildman–Crippen MR) is 122 cm³/mol. The minimum absolute atomic E-state index is 0. The first-order chi connectivity index (χ1) is 15.7. The van der Waals surface area contributed by atoms with Gasteiger partial charge in [-0.1, -0.05) is 5.16 Å². The fourth-order valence-electron chi connectivity index (χ4n) is 3.96. The molecule has 12 heteroatoms. The molecule has 0 aliphatic carbocycles. The Hall–Kier alpha value is -3.67. The third-order valence-electron chi connectivity index (χ3n) is 5.54. The van der Waals surface area contributed by atoms with E-state index in [-0.39, 0.29) is 43.2 Å². The zero-order valence-electron chi connectivity index (χ0n) is 18.0. The maximum Gasteiger partial charge on any atom is 0.416 e. The number of carbonyl (C=O) groups excluding carboxylic acids is 1. The van der Waals surface area contributed by atoms with Crippen molar-refractivity contribution in [3.05, 3.63) is 65.9 Å². The van der Waals surface area contributed by atoms with Crippen molar-refractivity contribution in [2.24, 2.45) is 0 Å². The van der Waals surface area contributed by atoms with Gasteiger partial charge in [-0.05, 0) is 37.6 Å².